The average molecular weight is 216 g/mol. The molecule has 0 aliphatic carbocycles. The van der Waals surface area contributed by atoms with Crippen LogP contribution in [-0.2, 0) is 0 Å². The van der Waals surface area contributed by atoms with Crippen molar-refractivity contribution < 1.29 is 5.11 Å². The zero-order valence-electron chi connectivity index (χ0n) is 12.1. The van der Waals surface area contributed by atoms with E-state index >= 15 is 0 Å². The molecule has 0 aromatic heterocycles. The van der Waals surface area contributed by atoms with Crippen LogP contribution >= 0.6 is 0 Å². The van der Waals surface area contributed by atoms with E-state index in [0.29, 0.717) is 5.76 Å². The smallest absolute Gasteiger partial charge is 0.0877 e. The zero-order valence-corrected chi connectivity index (χ0v) is 12.1. The molecule has 0 heterocycles. The fourth-order valence-electron chi connectivity index (χ4n) is 0.440. The molecule has 0 spiro atoms. The van der Waals surface area contributed by atoms with Gasteiger partial charge in [0.15, 0.2) is 0 Å². The summed E-state index contributed by atoms with van der Waals surface area (Å²) in [7, 11) is 0. The molecule has 1 nitrogen and oxygen atoms in total. The zero-order chi connectivity index (χ0) is 13.1. The Bertz CT molecular complexity index is 113. The Morgan fingerprint density at radius 2 is 1.40 bits per heavy atom. The lowest BCUT2D eigenvalue weighted by Gasteiger charge is -1.84. The van der Waals surface area contributed by atoms with Crippen LogP contribution in [0.4, 0.5) is 0 Å². The van der Waals surface area contributed by atoms with Crippen molar-refractivity contribution in [3.8, 4) is 0 Å². The van der Waals surface area contributed by atoms with Crippen molar-refractivity contribution >= 4 is 0 Å². The van der Waals surface area contributed by atoms with E-state index in [1.54, 1.807) is 6.08 Å². The first-order valence-electron chi connectivity index (χ1n) is 6.18. The van der Waals surface area contributed by atoms with Gasteiger partial charge in [0.25, 0.3) is 0 Å². The first-order chi connectivity index (χ1) is 7.22. The summed E-state index contributed by atoms with van der Waals surface area (Å²) in [5, 5.41) is 8.53. The predicted octanol–water partition coefficient (Wildman–Crippen LogP) is 5.88. The summed E-state index contributed by atoms with van der Waals surface area (Å²) < 4.78 is 0. The fraction of sp³-hybridized carbons (Fsp3) is 0.714. The van der Waals surface area contributed by atoms with E-state index in [0.717, 1.165) is 12.8 Å². The van der Waals surface area contributed by atoms with Crippen LogP contribution in [0.2, 0.25) is 0 Å². The summed E-state index contributed by atoms with van der Waals surface area (Å²) in [5.41, 5.74) is 0. The van der Waals surface area contributed by atoms with Gasteiger partial charge >= 0.3 is 0 Å². The lowest BCUT2D eigenvalue weighted by Crippen LogP contribution is -1.70. The first kappa shape index (κ1) is 23.8. The highest BCUT2D eigenvalue weighted by atomic mass is 16.3. The maximum atomic E-state index is 8.53. The Hall–Kier alpha value is -0.720. The van der Waals surface area contributed by atoms with Crippen LogP contribution in [0.15, 0.2) is 24.0 Å². The van der Waals surface area contributed by atoms with Gasteiger partial charge in [-0.05, 0) is 26.3 Å². The molecule has 0 saturated carbocycles. The van der Waals surface area contributed by atoms with Crippen LogP contribution in [0.5, 0.6) is 0 Å². The van der Waals surface area contributed by atoms with Gasteiger partial charge in [-0.1, -0.05) is 53.7 Å². The van der Waals surface area contributed by atoms with Crippen molar-refractivity contribution in [3.05, 3.63) is 24.0 Å². The molecule has 1 heteroatoms. The second-order valence-corrected chi connectivity index (χ2v) is 2.11. The Kier molecular flexibility index (Phi) is 60.0. The molecule has 0 aromatic rings. The molecule has 0 unspecified atom stereocenters. The van der Waals surface area contributed by atoms with Gasteiger partial charge in [-0.15, -0.1) is 0 Å². The molecule has 0 fully saturated rings. The third kappa shape index (κ3) is 60.6. The normalized spacial score (nSPS) is 8.93. The number of hydrogen-bond donors (Lipinski definition) is 1. The van der Waals surface area contributed by atoms with Crippen LogP contribution in [0.25, 0.3) is 0 Å². The number of aliphatic hydroxyl groups excluding tert-OH is 1. The third-order valence-electron chi connectivity index (χ3n) is 1.17. The molecule has 94 valence electrons. The van der Waals surface area contributed by atoms with Crippen molar-refractivity contribution in [3.63, 3.8) is 0 Å². The van der Waals surface area contributed by atoms with Crippen molar-refractivity contribution in [2.24, 2.45) is 0 Å². The second kappa shape index (κ2) is 37.8. The highest BCUT2D eigenvalue weighted by molar-refractivity contribution is 4.84. The quantitative estimate of drug-likeness (QED) is 0.451. The standard InChI is InChI=1S/C5H10O.C5H10.2C2H6/c1-3-5(6)4-2;1-3-5-4-2;2*1-2/h3,6H,4H2,1-2H3;3,5H,4H2,1-2H3;2*1-2H3/b5-3+;5-3-;;. The number of rotatable bonds is 2. The largest absolute Gasteiger partial charge is 0.513 e. The van der Waals surface area contributed by atoms with Gasteiger partial charge in [0.05, 0.1) is 5.76 Å². The Morgan fingerprint density at radius 3 is 1.40 bits per heavy atom. The molecule has 0 aromatic carbocycles. The van der Waals surface area contributed by atoms with Crippen molar-refractivity contribution in [1.29, 1.82) is 0 Å². The van der Waals surface area contributed by atoms with Gasteiger partial charge in [0.1, 0.15) is 0 Å². The van der Waals surface area contributed by atoms with Crippen LogP contribution < -0.4 is 0 Å². The van der Waals surface area contributed by atoms with E-state index in [2.05, 4.69) is 19.1 Å². The van der Waals surface area contributed by atoms with E-state index in [1.807, 2.05) is 48.5 Å². The molecule has 0 aliphatic rings. The minimum absolute atomic E-state index is 0.468. The minimum Gasteiger partial charge on any atom is -0.513 e. The molecular weight excluding hydrogens is 184 g/mol. The topological polar surface area (TPSA) is 20.2 Å². The van der Waals surface area contributed by atoms with E-state index in [-0.39, 0.29) is 0 Å². The van der Waals surface area contributed by atoms with Crippen LogP contribution in [0.1, 0.15) is 68.2 Å². The molecule has 15 heavy (non-hydrogen) atoms. The maximum absolute atomic E-state index is 8.53. The summed E-state index contributed by atoms with van der Waals surface area (Å²) in [6.45, 7) is 15.9. The van der Waals surface area contributed by atoms with Gasteiger partial charge in [0, 0.05) is 6.42 Å². The number of aliphatic hydroxyl groups is 1. The van der Waals surface area contributed by atoms with Crippen LogP contribution in [0, 0.1) is 0 Å². The SMILES string of the molecule is C/C=C(/O)CC.C/C=C\CC.CC.CC. The molecule has 1 N–H and O–H groups in total. The molecule has 0 radical (unpaired) electrons. The van der Waals surface area contributed by atoms with Crippen LogP contribution in [-0.4, -0.2) is 5.11 Å². The highest BCUT2D eigenvalue weighted by Crippen LogP contribution is 1.90. The van der Waals surface area contributed by atoms with Crippen molar-refractivity contribution in [2.45, 2.75) is 68.2 Å². The lowest BCUT2D eigenvalue weighted by atomic mass is 10.4. The van der Waals surface area contributed by atoms with E-state index in [4.69, 9.17) is 5.11 Å². The fourth-order valence-corrected chi connectivity index (χ4v) is 0.440. The summed E-state index contributed by atoms with van der Waals surface area (Å²) in [6.07, 6.45) is 7.78. The summed E-state index contributed by atoms with van der Waals surface area (Å²) in [5.74, 6) is 0.468. The van der Waals surface area contributed by atoms with Crippen molar-refractivity contribution in [2.75, 3.05) is 0 Å². The number of hydrogen-bond acceptors (Lipinski definition) is 1. The number of allylic oxidation sites excluding steroid dienone is 4. The summed E-state index contributed by atoms with van der Waals surface area (Å²) >= 11 is 0. The minimum atomic E-state index is 0.468. The van der Waals surface area contributed by atoms with Gasteiger partial charge < -0.3 is 5.11 Å². The Morgan fingerprint density at radius 1 is 1.00 bits per heavy atom. The maximum Gasteiger partial charge on any atom is 0.0877 e. The molecule has 0 atom stereocenters. The lowest BCUT2D eigenvalue weighted by molar-refractivity contribution is 0.393. The molecule has 0 rings (SSSR count). The average Bonchev–Trinajstić information content (AvgIpc) is 2.35. The predicted molar refractivity (Wildman–Crippen MR) is 74.5 cm³/mol. The molecule has 0 saturated heterocycles. The first-order valence-corrected chi connectivity index (χ1v) is 6.18. The van der Waals surface area contributed by atoms with Gasteiger partial charge in [-0.2, -0.15) is 0 Å². The van der Waals surface area contributed by atoms with E-state index in [9.17, 15) is 0 Å². The summed E-state index contributed by atoms with van der Waals surface area (Å²) in [6, 6.07) is 0. The molecule has 0 bridgehead atoms. The van der Waals surface area contributed by atoms with Gasteiger partial charge in [-0.25, -0.2) is 0 Å². The second-order valence-electron chi connectivity index (χ2n) is 2.11. The van der Waals surface area contributed by atoms with Gasteiger partial charge in [-0.3, -0.25) is 0 Å². The Balaban J connectivity index is -0.0000000610. The van der Waals surface area contributed by atoms with E-state index < -0.39 is 0 Å². The van der Waals surface area contributed by atoms with Crippen LogP contribution in [0.3, 0.4) is 0 Å². The Labute approximate surface area is 97.9 Å². The molecular formula is C14H32O. The van der Waals surface area contributed by atoms with Crippen molar-refractivity contribution in [1.82, 2.24) is 0 Å². The van der Waals surface area contributed by atoms with Gasteiger partial charge in [0.2, 0.25) is 0 Å². The molecule has 0 amide bonds. The summed E-state index contributed by atoms with van der Waals surface area (Å²) in [4.78, 5) is 0. The third-order valence-corrected chi connectivity index (χ3v) is 1.17. The monoisotopic (exact) mass is 216 g/mol. The molecule has 0 aliphatic heterocycles. The van der Waals surface area contributed by atoms with E-state index in [1.165, 1.54) is 0 Å². The highest BCUT2D eigenvalue weighted by Gasteiger charge is 1.76.